The monoisotopic (exact) mass is 233 g/mol. The molecule has 0 unspecified atom stereocenters. The third kappa shape index (κ3) is 1.81. The highest BCUT2D eigenvalue weighted by Crippen LogP contribution is 2.22. The Bertz CT molecular complexity index is 535. The normalized spacial score (nSPS) is 11.1. The van der Waals surface area contributed by atoms with E-state index in [2.05, 4.69) is 30.1 Å². The van der Waals surface area contributed by atoms with Crippen molar-refractivity contribution in [3.8, 4) is 5.82 Å². The van der Waals surface area contributed by atoms with Crippen molar-refractivity contribution < 1.29 is 0 Å². The largest absolute Gasteiger partial charge is 0.394 e. The van der Waals surface area contributed by atoms with Crippen LogP contribution in [0.15, 0.2) is 6.07 Å². The lowest BCUT2D eigenvalue weighted by Crippen LogP contribution is -2.09. The Balaban J connectivity index is 2.62. The third-order valence-electron chi connectivity index (χ3n) is 3.00. The first-order valence-corrected chi connectivity index (χ1v) is 5.95. The van der Waals surface area contributed by atoms with E-state index < -0.39 is 0 Å². The van der Waals surface area contributed by atoms with E-state index in [4.69, 9.17) is 5.73 Å². The molecule has 17 heavy (non-hydrogen) atoms. The molecular weight excluding hydrogens is 214 g/mol. The Hall–Kier alpha value is -1.78. The molecule has 0 aromatic carbocycles. The number of anilines is 1. The molecule has 2 N–H and O–H groups in total. The number of rotatable bonds is 3. The summed E-state index contributed by atoms with van der Waals surface area (Å²) < 4.78 is 3.70. The van der Waals surface area contributed by atoms with Crippen LogP contribution in [0.4, 0.5) is 5.69 Å². The van der Waals surface area contributed by atoms with Gasteiger partial charge >= 0.3 is 0 Å². The second kappa shape index (κ2) is 4.24. The van der Waals surface area contributed by atoms with Crippen molar-refractivity contribution in [2.75, 3.05) is 5.73 Å². The quantitative estimate of drug-likeness (QED) is 0.876. The van der Waals surface area contributed by atoms with Crippen LogP contribution in [0.2, 0.25) is 0 Å². The SMILES string of the molecule is CCc1cc(CC)n(-c2c(N)c(C)nn2C)n1. The van der Waals surface area contributed by atoms with Crippen LogP contribution in [0.5, 0.6) is 0 Å². The number of hydrogen-bond donors (Lipinski definition) is 1. The molecule has 0 spiro atoms. The number of aromatic nitrogens is 4. The summed E-state index contributed by atoms with van der Waals surface area (Å²) in [5, 5.41) is 8.91. The standard InChI is InChI=1S/C12H19N5/c1-5-9-7-10(6-2)17(15-9)12-11(13)8(3)14-16(12)4/h7H,5-6,13H2,1-4H3. The molecule has 5 heteroatoms. The van der Waals surface area contributed by atoms with Crippen molar-refractivity contribution in [3.63, 3.8) is 0 Å². The van der Waals surface area contributed by atoms with Crippen molar-refractivity contribution in [2.24, 2.45) is 7.05 Å². The van der Waals surface area contributed by atoms with Gasteiger partial charge in [-0.05, 0) is 25.8 Å². The molecule has 0 radical (unpaired) electrons. The highest BCUT2D eigenvalue weighted by atomic mass is 15.4. The van der Waals surface area contributed by atoms with Gasteiger partial charge in [0.05, 0.1) is 17.1 Å². The van der Waals surface area contributed by atoms with Crippen molar-refractivity contribution in [1.29, 1.82) is 0 Å². The van der Waals surface area contributed by atoms with Crippen LogP contribution < -0.4 is 5.73 Å². The van der Waals surface area contributed by atoms with E-state index in [-0.39, 0.29) is 0 Å². The van der Waals surface area contributed by atoms with Gasteiger partial charge < -0.3 is 5.73 Å². The van der Waals surface area contributed by atoms with Crippen LogP contribution in [-0.2, 0) is 19.9 Å². The van der Waals surface area contributed by atoms with E-state index in [0.29, 0.717) is 5.69 Å². The summed E-state index contributed by atoms with van der Waals surface area (Å²) in [5.74, 6) is 0.860. The second-order valence-electron chi connectivity index (χ2n) is 4.19. The predicted molar refractivity (Wildman–Crippen MR) is 68.2 cm³/mol. The van der Waals surface area contributed by atoms with E-state index >= 15 is 0 Å². The van der Waals surface area contributed by atoms with Gasteiger partial charge in [0.2, 0.25) is 0 Å². The predicted octanol–water partition coefficient (Wildman–Crippen LogP) is 1.62. The molecule has 0 fully saturated rings. The fourth-order valence-corrected chi connectivity index (χ4v) is 2.00. The van der Waals surface area contributed by atoms with E-state index in [0.717, 1.165) is 35.7 Å². The van der Waals surface area contributed by atoms with Crippen molar-refractivity contribution in [1.82, 2.24) is 19.6 Å². The maximum Gasteiger partial charge on any atom is 0.175 e. The van der Waals surface area contributed by atoms with Gasteiger partial charge in [0.15, 0.2) is 5.82 Å². The molecule has 2 aromatic heterocycles. The lowest BCUT2D eigenvalue weighted by atomic mass is 10.2. The van der Waals surface area contributed by atoms with Crippen molar-refractivity contribution in [2.45, 2.75) is 33.6 Å². The molecule has 2 heterocycles. The summed E-state index contributed by atoms with van der Waals surface area (Å²) in [7, 11) is 1.89. The van der Waals surface area contributed by atoms with Gasteiger partial charge in [-0.15, -0.1) is 0 Å². The summed E-state index contributed by atoms with van der Waals surface area (Å²) >= 11 is 0. The number of nitrogens with zero attached hydrogens (tertiary/aromatic N) is 4. The lowest BCUT2D eigenvalue weighted by Gasteiger charge is -2.07. The van der Waals surface area contributed by atoms with Crippen molar-refractivity contribution >= 4 is 5.69 Å². The smallest absolute Gasteiger partial charge is 0.175 e. The van der Waals surface area contributed by atoms with Crippen LogP contribution in [-0.4, -0.2) is 19.6 Å². The summed E-state index contributed by atoms with van der Waals surface area (Å²) in [4.78, 5) is 0. The van der Waals surface area contributed by atoms with E-state index in [1.165, 1.54) is 0 Å². The Kier molecular flexibility index (Phi) is 2.92. The average Bonchev–Trinajstić information content (AvgIpc) is 2.81. The average molecular weight is 233 g/mol. The Morgan fingerprint density at radius 1 is 1.24 bits per heavy atom. The number of hydrogen-bond acceptors (Lipinski definition) is 3. The number of aryl methyl sites for hydroxylation is 4. The first-order chi connectivity index (χ1) is 8.08. The minimum atomic E-state index is 0.702. The number of nitrogens with two attached hydrogens (primary N) is 1. The first kappa shape index (κ1) is 11.7. The first-order valence-electron chi connectivity index (χ1n) is 5.95. The fourth-order valence-electron chi connectivity index (χ4n) is 2.00. The van der Waals surface area contributed by atoms with Gasteiger partial charge in [-0.3, -0.25) is 0 Å². The lowest BCUT2D eigenvalue weighted by molar-refractivity contribution is 0.674. The molecule has 0 amide bonds. The molecule has 0 aliphatic rings. The van der Waals surface area contributed by atoms with E-state index in [1.807, 2.05) is 18.7 Å². The summed E-state index contributed by atoms with van der Waals surface area (Å²) in [6.45, 7) is 6.13. The Morgan fingerprint density at radius 3 is 2.41 bits per heavy atom. The maximum atomic E-state index is 6.07. The minimum absolute atomic E-state index is 0.702. The van der Waals surface area contributed by atoms with Gasteiger partial charge in [-0.25, -0.2) is 9.36 Å². The molecule has 0 atom stereocenters. The van der Waals surface area contributed by atoms with Crippen LogP contribution >= 0.6 is 0 Å². The zero-order valence-corrected chi connectivity index (χ0v) is 10.9. The highest BCUT2D eigenvalue weighted by molar-refractivity contribution is 5.57. The molecule has 0 saturated heterocycles. The van der Waals surface area contributed by atoms with Gasteiger partial charge in [-0.2, -0.15) is 10.2 Å². The van der Waals surface area contributed by atoms with Gasteiger partial charge in [0.1, 0.15) is 0 Å². The van der Waals surface area contributed by atoms with Crippen LogP contribution in [0, 0.1) is 6.92 Å². The zero-order valence-electron chi connectivity index (χ0n) is 10.9. The van der Waals surface area contributed by atoms with Crippen LogP contribution in [0.25, 0.3) is 5.82 Å². The topological polar surface area (TPSA) is 61.7 Å². The molecular formula is C12H19N5. The molecule has 0 bridgehead atoms. The molecule has 2 rings (SSSR count). The summed E-state index contributed by atoms with van der Waals surface area (Å²) in [6.07, 6.45) is 1.85. The van der Waals surface area contributed by atoms with Gasteiger partial charge in [-0.1, -0.05) is 13.8 Å². The molecule has 5 nitrogen and oxygen atoms in total. The van der Waals surface area contributed by atoms with Crippen LogP contribution in [0.1, 0.15) is 30.9 Å². The number of nitrogen functional groups attached to an aromatic ring is 1. The fraction of sp³-hybridized carbons (Fsp3) is 0.500. The summed E-state index contributed by atoms with van der Waals surface area (Å²) in [6, 6.07) is 2.13. The van der Waals surface area contributed by atoms with Crippen molar-refractivity contribution in [3.05, 3.63) is 23.1 Å². The summed E-state index contributed by atoms with van der Waals surface area (Å²) in [5.41, 5.74) is 9.86. The molecule has 0 aliphatic carbocycles. The Morgan fingerprint density at radius 2 is 1.94 bits per heavy atom. The minimum Gasteiger partial charge on any atom is -0.394 e. The molecule has 2 aromatic rings. The van der Waals surface area contributed by atoms with E-state index in [9.17, 15) is 0 Å². The van der Waals surface area contributed by atoms with Crippen LogP contribution in [0.3, 0.4) is 0 Å². The van der Waals surface area contributed by atoms with Gasteiger partial charge in [0.25, 0.3) is 0 Å². The molecule has 92 valence electrons. The molecule has 0 saturated carbocycles. The maximum absolute atomic E-state index is 6.07. The molecule has 0 aliphatic heterocycles. The highest BCUT2D eigenvalue weighted by Gasteiger charge is 2.16. The third-order valence-corrected chi connectivity index (χ3v) is 3.00. The second-order valence-corrected chi connectivity index (χ2v) is 4.19. The van der Waals surface area contributed by atoms with E-state index in [1.54, 1.807) is 4.68 Å². The zero-order chi connectivity index (χ0) is 12.6. The van der Waals surface area contributed by atoms with Gasteiger partial charge in [0, 0.05) is 12.7 Å². The Labute approximate surface area is 101 Å².